The van der Waals surface area contributed by atoms with E-state index >= 15 is 0 Å². The van der Waals surface area contributed by atoms with Crippen molar-refractivity contribution >= 4 is 5.97 Å². The standard InChI is InChI=1S/C10H17NO2/c12-10(13)7-3-4-8-11-9-5-1-2-6-9/h1-2,9,11H,3-8H2,(H,12,13). The first-order valence-electron chi connectivity index (χ1n) is 4.89. The van der Waals surface area contributed by atoms with Gasteiger partial charge in [-0.25, -0.2) is 0 Å². The highest BCUT2D eigenvalue weighted by molar-refractivity contribution is 5.66. The molecule has 0 fully saturated rings. The lowest BCUT2D eigenvalue weighted by atomic mass is 10.2. The van der Waals surface area contributed by atoms with Crippen LogP contribution in [0.1, 0.15) is 32.1 Å². The SMILES string of the molecule is O=C(O)CCCCNC1CC=CC1. The molecule has 1 rings (SSSR count). The molecule has 2 N–H and O–H groups in total. The maximum Gasteiger partial charge on any atom is 0.303 e. The molecular formula is C10H17NO2. The molecule has 0 bridgehead atoms. The van der Waals surface area contributed by atoms with Crippen LogP contribution in [-0.2, 0) is 4.79 Å². The van der Waals surface area contributed by atoms with E-state index in [0.29, 0.717) is 12.5 Å². The van der Waals surface area contributed by atoms with Gasteiger partial charge in [0.15, 0.2) is 0 Å². The van der Waals surface area contributed by atoms with Crippen LogP contribution in [0, 0.1) is 0 Å². The minimum atomic E-state index is -0.692. The normalized spacial score (nSPS) is 16.6. The van der Waals surface area contributed by atoms with Gasteiger partial charge in [0.25, 0.3) is 0 Å². The van der Waals surface area contributed by atoms with Gasteiger partial charge in [0.05, 0.1) is 0 Å². The Hall–Kier alpha value is -0.830. The van der Waals surface area contributed by atoms with E-state index in [4.69, 9.17) is 5.11 Å². The summed E-state index contributed by atoms with van der Waals surface area (Å²) in [5.41, 5.74) is 0. The van der Waals surface area contributed by atoms with Crippen molar-refractivity contribution in [1.82, 2.24) is 5.32 Å². The van der Waals surface area contributed by atoms with Crippen LogP contribution in [0.4, 0.5) is 0 Å². The molecule has 13 heavy (non-hydrogen) atoms. The van der Waals surface area contributed by atoms with Crippen LogP contribution in [0.5, 0.6) is 0 Å². The van der Waals surface area contributed by atoms with Crippen LogP contribution < -0.4 is 5.32 Å². The second-order valence-corrected chi connectivity index (χ2v) is 3.44. The van der Waals surface area contributed by atoms with Crippen molar-refractivity contribution in [3.8, 4) is 0 Å². The highest BCUT2D eigenvalue weighted by Crippen LogP contribution is 2.08. The van der Waals surface area contributed by atoms with E-state index in [1.54, 1.807) is 0 Å². The Balaban J connectivity index is 1.86. The summed E-state index contributed by atoms with van der Waals surface area (Å²) in [7, 11) is 0. The highest BCUT2D eigenvalue weighted by atomic mass is 16.4. The molecule has 0 saturated carbocycles. The molecule has 0 heterocycles. The zero-order valence-electron chi connectivity index (χ0n) is 7.83. The molecule has 1 aliphatic carbocycles. The number of nitrogens with one attached hydrogen (secondary N) is 1. The predicted molar refractivity (Wildman–Crippen MR) is 51.7 cm³/mol. The molecule has 0 aromatic heterocycles. The van der Waals surface area contributed by atoms with Gasteiger partial charge in [0.2, 0.25) is 0 Å². The van der Waals surface area contributed by atoms with Gasteiger partial charge in [-0.2, -0.15) is 0 Å². The van der Waals surface area contributed by atoms with E-state index in [0.717, 1.165) is 32.2 Å². The van der Waals surface area contributed by atoms with Gasteiger partial charge in [-0.1, -0.05) is 12.2 Å². The Labute approximate surface area is 78.8 Å². The van der Waals surface area contributed by atoms with E-state index in [9.17, 15) is 4.79 Å². The van der Waals surface area contributed by atoms with Crippen molar-refractivity contribution in [2.45, 2.75) is 38.1 Å². The van der Waals surface area contributed by atoms with Gasteiger partial charge in [0, 0.05) is 12.5 Å². The summed E-state index contributed by atoms with van der Waals surface area (Å²) in [6, 6.07) is 0.602. The minimum absolute atomic E-state index is 0.296. The van der Waals surface area contributed by atoms with Crippen LogP contribution in [-0.4, -0.2) is 23.7 Å². The maximum absolute atomic E-state index is 10.2. The Morgan fingerprint density at radius 2 is 2.08 bits per heavy atom. The van der Waals surface area contributed by atoms with Crippen molar-refractivity contribution in [2.24, 2.45) is 0 Å². The first-order valence-corrected chi connectivity index (χ1v) is 4.89. The molecule has 74 valence electrons. The summed E-state index contributed by atoms with van der Waals surface area (Å²) >= 11 is 0. The molecule has 0 unspecified atom stereocenters. The van der Waals surface area contributed by atoms with Gasteiger partial charge in [-0.05, 0) is 32.2 Å². The van der Waals surface area contributed by atoms with Gasteiger partial charge in [-0.3, -0.25) is 4.79 Å². The summed E-state index contributed by atoms with van der Waals surface area (Å²) < 4.78 is 0. The third kappa shape index (κ3) is 4.68. The second kappa shape index (κ2) is 5.75. The lowest BCUT2D eigenvalue weighted by molar-refractivity contribution is -0.137. The Morgan fingerprint density at radius 1 is 1.38 bits per heavy atom. The number of carboxylic acids is 1. The Kier molecular flexibility index (Phi) is 4.54. The fourth-order valence-electron chi connectivity index (χ4n) is 1.49. The molecule has 1 aliphatic rings. The van der Waals surface area contributed by atoms with Gasteiger partial charge in [0.1, 0.15) is 0 Å². The van der Waals surface area contributed by atoms with Crippen molar-refractivity contribution in [2.75, 3.05) is 6.54 Å². The Morgan fingerprint density at radius 3 is 2.69 bits per heavy atom. The van der Waals surface area contributed by atoms with Gasteiger partial charge in [-0.15, -0.1) is 0 Å². The van der Waals surface area contributed by atoms with E-state index < -0.39 is 5.97 Å². The predicted octanol–water partition coefficient (Wildman–Crippen LogP) is 1.55. The van der Waals surface area contributed by atoms with Crippen molar-refractivity contribution < 1.29 is 9.90 Å². The average molecular weight is 183 g/mol. The molecule has 0 aromatic rings. The van der Waals surface area contributed by atoms with E-state index in [1.165, 1.54) is 0 Å². The van der Waals surface area contributed by atoms with Crippen LogP contribution in [0.3, 0.4) is 0 Å². The third-order valence-corrected chi connectivity index (χ3v) is 2.26. The van der Waals surface area contributed by atoms with Crippen molar-refractivity contribution in [3.63, 3.8) is 0 Å². The topological polar surface area (TPSA) is 49.3 Å². The number of carboxylic acid groups (broad SMARTS) is 1. The minimum Gasteiger partial charge on any atom is -0.481 e. The molecule has 0 atom stereocenters. The average Bonchev–Trinajstić information content (AvgIpc) is 2.55. The molecule has 0 radical (unpaired) electrons. The summed E-state index contributed by atoms with van der Waals surface area (Å²) in [6.07, 6.45) is 8.66. The number of unbranched alkanes of at least 4 members (excludes halogenated alkanes) is 1. The van der Waals surface area contributed by atoms with Crippen LogP contribution >= 0.6 is 0 Å². The summed E-state index contributed by atoms with van der Waals surface area (Å²) in [5, 5.41) is 11.8. The zero-order chi connectivity index (χ0) is 9.52. The molecule has 0 aromatic carbocycles. The zero-order valence-corrected chi connectivity index (χ0v) is 7.83. The third-order valence-electron chi connectivity index (χ3n) is 2.26. The number of hydrogen-bond acceptors (Lipinski definition) is 2. The largest absolute Gasteiger partial charge is 0.481 e. The number of rotatable bonds is 6. The molecule has 0 spiro atoms. The summed E-state index contributed by atoms with van der Waals surface area (Å²) in [4.78, 5) is 10.2. The van der Waals surface area contributed by atoms with Crippen LogP contribution in [0.2, 0.25) is 0 Å². The van der Waals surface area contributed by atoms with Crippen molar-refractivity contribution in [3.05, 3.63) is 12.2 Å². The van der Waals surface area contributed by atoms with Crippen molar-refractivity contribution in [1.29, 1.82) is 0 Å². The van der Waals surface area contributed by atoms with Gasteiger partial charge < -0.3 is 10.4 Å². The summed E-state index contributed by atoms with van der Waals surface area (Å²) in [6.45, 7) is 0.944. The van der Waals surface area contributed by atoms with E-state index in [2.05, 4.69) is 17.5 Å². The lowest BCUT2D eigenvalue weighted by Crippen LogP contribution is -2.27. The van der Waals surface area contributed by atoms with Crippen LogP contribution in [0.15, 0.2) is 12.2 Å². The molecule has 0 aliphatic heterocycles. The maximum atomic E-state index is 10.2. The Bertz CT molecular complexity index is 181. The second-order valence-electron chi connectivity index (χ2n) is 3.44. The molecule has 3 heteroatoms. The molecule has 3 nitrogen and oxygen atoms in total. The first-order chi connectivity index (χ1) is 6.29. The number of hydrogen-bond donors (Lipinski definition) is 2. The summed E-state index contributed by atoms with van der Waals surface area (Å²) in [5.74, 6) is -0.692. The van der Waals surface area contributed by atoms with E-state index in [-0.39, 0.29) is 0 Å². The fraction of sp³-hybridized carbons (Fsp3) is 0.700. The first kappa shape index (κ1) is 10.3. The van der Waals surface area contributed by atoms with E-state index in [1.807, 2.05) is 0 Å². The quantitative estimate of drug-likeness (QED) is 0.485. The smallest absolute Gasteiger partial charge is 0.303 e. The fourth-order valence-corrected chi connectivity index (χ4v) is 1.49. The monoisotopic (exact) mass is 183 g/mol. The molecule has 0 amide bonds. The van der Waals surface area contributed by atoms with Gasteiger partial charge >= 0.3 is 5.97 Å². The molecule has 0 saturated heterocycles. The number of aliphatic carboxylic acids is 1. The number of carbonyl (C=O) groups is 1. The van der Waals surface area contributed by atoms with Crippen LogP contribution in [0.25, 0.3) is 0 Å². The lowest BCUT2D eigenvalue weighted by Gasteiger charge is -2.10. The molecular weight excluding hydrogens is 166 g/mol. The highest BCUT2D eigenvalue weighted by Gasteiger charge is 2.07.